The van der Waals surface area contributed by atoms with Crippen molar-refractivity contribution < 1.29 is 0 Å². The van der Waals surface area contributed by atoms with Crippen LogP contribution in [-0.4, -0.2) is 47.1 Å². The van der Waals surface area contributed by atoms with E-state index < -0.39 is 0 Å². The molecule has 0 aliphatic carbocycles. The smallest absolute Gasteiger partial charge is 0.0389 e. The molecule has 0 unspecified atom stereocenters. The van der Waals surface area contributed by atoms with E-state index in [1.807, 2.05) is 0 Å². The van der Waals surface area contributed by atoms with Crippen LogP contribution in [0.5, 0.6) is 0 Å². The molecular formula is C13H26N2. The van der Waals surface area contributed by atoms with Gasteiger partial charge >= 0.3 is 0 Å². The lowest BCUT2D eigenvalue weighted by molar-refractivity contribution is -0.121. The molecule has 2 aliphatic heterocycles. The first-order chi connectivity index (χ1) is 6.80. The van der Waals surface area contributed by atoms with Gasteiger partial charge in [-0.3, -0.25) is 9.80 Å². The molecule has 2 aliphatic rings. The molecule has 0 N–H and O–H groups in total. The second-order valence-electron chi connectivity index (χ2n) is 6.55. The third-order valence-corrected chi connectivity index (χ3v) is 4.87. The molecule has 15 heavy (non-hydrogen) atoms. The van der Waals surface area contributed by atoms with Crippen molar-refractivity contribution in [3.63, 3.8) is 0 Å². The molecule has 0 bridgehead atoms. The van der Waals surface area contributed by atoms with Crippen LogP contribution in [0.3, 0.4) is 0 Å². The Balaban J connectivity index is 2.17. The SMILES string of the molecule is CC(C)N1C[C@@]2(C)CN(C(C)C)[C@@]2(C)C1. The van der Waals surface area contributed by atoms with Crippen LogP contribution >= 0.6 is 0 Å². The fourth-order valence-electron chi connectivity index (χ4n) is 3.50. The molecule has 0 amide bonds. The minimum atomic E-state index is 0.422. The molecule has 88 valence electrons. The Labute approximate surface area is 94.6 Å². The number of likely N-dealkylation sites (tertiary alicyclic amines) is 2. The lowest BCUT2D eigenvalue weighted by atomic mass is 9.65. The average molecular weight is 210 g/mol. The number of fused-ring (bicyclic) bond motifs is 1. The van der Waals surface area contributed by atoms with Crippen molar-refractivity contribution in [3.8, 4) is 0 Å². The quantitative estimate of drug-likeness (QED) is 0.689. The van der Waals surface area contributed by atoms with Gasteiger partial charge in [0.05, 0.1) is 0 Å². The van der Waals surface area contributed by atoms with Crippen LogP contribution < -0.4 is 0 Å². The van der Waals surface area contributed by atoms with E-state index in [4.69, 9.17) is 0 Å². The van der Waals surface area contributed by atoms with Gasteiger partial charge in [0.2, 0.25) is 0 Å². The number of hydrogen-bond acceptors (Lipinski definition) is 2. The summed E-state index contributed by atoms with van der Waals surface area (Å²) in [5.74, 6) is 0. The van der Waals surface area contributed by atoms with Crippen LogP contribution in [0.2, 0.25) is 0 Å². The maximum Gasteiger partial charge on any atom is 0.0389 e. The minimum Gasteiger partial charge on any atom is -0.298 e. The Hall–Kier alpha value is -0.0800. The molecule has 0 aromatic carbocycles. The summed E-state index contributed by atoms with van der Waals surface area (Å²) in [5, 5.41) is 0. The molecule has 0 aromatic heterocycles. The lowest BCUT2D eigenvalue weighted by Gasteiger charge is -2.62. The van der Waals surface area contributed by atoms with Gasteiger partial charge in [0.25, 0.3) is 0 Å². The van der Waals surface area contributed by atoms with Crippen LogP contribution in [0.15, 0.2) is 0 Å². The summed E-state index contributed by atoms with van der Waals surface area (Å²) in [6.07, 6.45) is 0. The molecule has 2 heteroatoms. The summed E-state index contributed by atoms with van der Waals surface area (Å²) in [6.45, 7) is 18.0. The Morgan fingerprint density at radius 2 is 1.47 bits per heavy atom. The van der Waals surface area contributed by atoms with E-state index >= 15 is 0 Å². The molecule has 0 spiro atoms. The van der Waals surface area contributed by atoms with Gasteiger partial charge in [-0.25, -0.2) is 0 Å². The minimum absolute atomic E-state index is 0.422. The topological polar surface area (TPSA) is 6.48 Å². The zero-order chi connectivity index (χ0) is 11.4. The highest BCUT2D eigenvalue weighted by Crippen LogP contribution is 2.53. The Morgan fingerprint density at radius 1 is 0.867 bits per heavy atom. The van der Waals surface area contributed by atoms with Gasteiger partial charge in [-0.15, -0.1) is 0 Å². The van der Waals surface area contributed by atoms with E-state index in [9.17, 15) is 0 Å². The van der Waals surface area contributed by atoms with Crippen molar-refractivity contribution >= 4 is 0 Å². The van der Waals surface area contributed by atoms with Crippen molar-refractivity contribution in [2.24, 2.45) is 5.41 Å². The van der Waals surface area contributed by atoms with Crippen LogP contribution in [0.1, 0.15) is 41.5 Å². The van der Waals surface area contributed by atoms with E-state index in [0.29, 0.717) is 23.0 Å². The van der Waals surface area contributed by atoms with E-state index in [0.717, 1.165) is 0 Å². The van der Waals surface area contributed by atoms with Gasteiger partial charge in [-0.05, 0) is 34.6 Å². The van der Waals surface area contributed by atoms with Gasteiger partial charge in [-0.2, -0.15) is 0 Å². The second kappa shape index (κ2) is 3.21. The molecule has 0 radical (unpaired) electrons. The summed E-state index contributed by atoms with van der Waals surface area (Å²) in [6, 6.07) is 1.38. The summed E-state index contributed by atoms with van der Waals surface area (Å²) in [4.78, 5) is 5.32. The molecule has 2 nitrogen and oxygen atoms in total. The van der Waals surface area contributed by atoms with Crippen molar-refractivity contribution in [1.29, 1.82) is 0 Å². The van der Waals surface area contributed by atoms with E-state index in [-0.39, 0.29) is 0 Å². The first-order valence-electron chi connectivity index (χ1n) is 6.31. The van der Waals surface area contributed by atoms with Crippen LogP contribution in [-0.2, 0) is 0 Å². The molecule has 2 fully saturated rings. The Morgan fingerprint density at radius 3 is 1.93 bits per heavy atom. The van der Waals surface area contributed by atoms with Gasteiger partial charge in [0, 0.05) is 42.7 Å². The summed E-state index contributed by atoms with van der Waals surface area (Å²) < 4.78 is 0. The zero-order valence-electron chi connectivity index (χ0n) is 11.2. The molecule has 2 saturated heterocycles. The predicted octanol–water partition coefficient (Wildman–Crippen LogP) is 2.20. The summed E-state index contributed by atoms with van der Waals surface area (Å²) >= 11 is 0. The Kier molecular flexibility index (Phi) is 2.44. The van der Waals surface area contributed by atoms with Gasteiger partial charge < -0.3 is 0 Å². The van der Waals surface area contributed by atoms with Crippen molar-refractivity contribution in [2.45, 2.75) is 59.2 Å². The second-order valence-corrected chi connectivity index (χ2v) is 6.55. The van der Waals surface area contributed by atoms with Crippen LogP contribution in [0.25, 0.3) is 0 Å². The first-order valence-corrected chi connectivity index (χ1v) is 6.31. The normalized spacial score (nSPS) is 42.4. The van der Waals surface area contributed by atoms with Crippen LogP contribution in [0, 0.1) is 5.41 Å². The number of hydrogen-bond donors (Lipinski definition) is 0. The van der Waals surface area contributed by atoms with Crippen molar-refractivity contribution in [1.82, 2.24) is 9.80 Å². The fraction of sp³-hybridized carbons (Fsp3) is 1.00. The maximum atomic E-state index is 2.68. The Bertz CT molecular complexity index is 261. The maximum absolute atomic E-state index is 2.68. The van der Waals surface area contributed by atoms with Crippen molar-refractivity contribution in [3.05, 3.63) is 0 Å². The largest absolute Gasteiger partial charge is 0.298 e. The monoisotopic (exact) mass is 210 g/mol. The average Bonchev–Trinajstić information content (AvgIpc) is 2.28. The molecule has 2 heterocycles. The highest BCUT2D eigenvalue weighted by atomic mass is 15.4. The standard InChI is InChI=1S/C13H26N2/c1-10(2)14-7-12(5)8-15(11(3)4)13(12,6)9-14/h10-11H,7-9H2,1-6H3/t12-,13-/m0/s1. The number of rotatable bonds is 2. The fourth-order valence-corrected chi connectivity index (χ4v) is 3.50. The zero-order valence-corrected chi connectivity index (χ0v) is 11.2. The van der Waals surface area contributed by atoms with Crippen molar-refractivity contribution in [2.75, 3.05) is 19.6 Å². The molecular weight excluding hydrogens is 184 g/mol. The lowest BCUT2D eigenvalue weighted by Crippen LogP contribution is -2.73. The van der Waals surface area contributed by atoms with E-state index in [1.54, 1.807) is 0 Å². The van der Waals surface area contributed by atoms with E-state index in [1.165, 1.54) is 19.6 Å². The molecule has 0 saturated carbocycles. The first kappa shape index (κ1) is 11.4. The van der Waals surface area contributed by atoms with Gasteiger partial charge in [0.15, 0.2) is 0 Å². The highest BCUT2D eigenvalue weighted by Gasteiger charge is 2.63. The number of nitrogens with zero attached hydrogens (tertiary/aromatic N) is 2. The summed E-state index contributed by atoms with van der Waals surface area (Å²) in [7, 11) is 0. The third-order valence-electron chi connectivity index (χ3n) is 4.87. The van der Waals surface area contributed by atoms with Gasteiger partial charge in [0.1, 0.15) is 0 Å². The van der Waals surface area contributed by atoms with E-state index in [2.05, 4.69) is 51.3 Å². The molecule has 0 aromatic rings. The van der Waals surface area contributed by atoms with Crippen LogP contribution in [0.4, 0.5) is 0 Å². The third kappa shape index (κ3) is 1.38. The van der Waals surface area contributed by atoms with Gasteiger partial charge in [-0.1, -0.05) is 6.92 Å². The summed E-state index contributed by atoms with van der Waals surface area (Å²) in [5.41, 5.74) is 0.951. The molecule has 2 rings (SSSR count). The highest BCUT2D eigenvalue weighted by molar-refractivity contribution is 5.19. The predicted molar refractivity (Wildman–Crippen MR) is 65.1 cm³/mol. The molecule has 2 atom stereocenters.